The topological polar surface area (TPSA) is 76.3 Å². The number of hydrogen-bond acceptors (Lipinski definition) is 4. The third kappa shape index (κ3) is 3.62. The van der Waals surface area contributed by atoms with E-state index in [1.807, 2.05) is 0 Å². The molecule has 1 saturated carbocycles. The third-order valence-corrected chi connectivity index (χ3v) is 3.72. The minimum Gasteiger partial charge on any atom is -0.504 e. The molecule has 2 rings (SSSR count). The largest absolute Gasteiger partial charge is 0.504 e. The zero-order chi connectivity index (χ0) is 13.7. The summed E-state index contributed by atoms with van der Waals surface area (Å²) in [5.74, 6) is -0.338. The molecule has 0 aromatic heterocycles. The molecule has 4 nitrogen and oxygen atoms in total. The Bertz CT molecular complexity index is 460. The fourth-order valence-corrected chi connectivity index (χ4v) is 2.61. The monoisotopic (exact) mass is 260 g/mol. The zero-order valence-electron chi connectivity index (χ0n) is 11.0. The lowest BCUT2D eigenvalue weighted by Crippen LogP contribution is -2.31. The molecule has 3 N–H and O–H groups in total. The predicted octanol–water partition coefficient (Wildman–Crippen LogP) is 2.97. The first-order valence-electron chi connectivity index (χ1n) is 6.88. The fourth-order valence-electron chi connectivity index (χ4n) is 2.61. The van der Waals surface area contributed by atoms with Crippen LogP contribution in [-0.4, -0.2) is 16.3 Å². The van der Waals surface area contributed by atoms with Crippen LogP contribution in [0.1, 0.15) is 50.1 Å². The van der Waals surface area contributed by atoms with Gasteiger partial charge in [-0.25, -0.2) is 0 Å². The Balaban J connectivity index is 2.06. The average molecular weight is 260 g/mol. The van der Waals surface area contributed by atoms with Gasteiger partial charge < -0.3 is 10.2 Å². The number of hydrogen-bond donors (Lipinski definition) is 3. The summed E-state index contributed by atoms with van der Waals surface area (Å²) in [6.45, 7) is 0. The van der Waals surface area contributed by atoms with Crippen LogP contribution in [0.15, 0.2) is 18.2 Å². The second-order valence-electron chi connectivity index (χ2n) is 5.17. The van der Waals surface area contributed by atoms with Gasteiger partial charge in [0.15, 0.2) is 11.5 Å². The summed E-state index contributed by atoms with van der Waals surface area (Å²) in [4.78, 5) is 0. The first-order valence-corrected chi connectivity index (χ1v) is 6.88. The van der Waals surface area contributed by atoms with E-state index in [4.69, 9.17) is 0 Å². The molecule has 1 unspecified atom stereocenters. The van der Waals surface area contributed by atoms with E-state index in [0.717, 1.165) is 12.8 Å². The third-order valence-electron chi connectivity index (χ3n) is 3.72. The predicted molar refractivity (Wildman–Crippen MR) is 72.8 cm³/mol. The molecule has 0 amide bonds. The molecule has 19 heavy (non-hydrogen) atoms. The van der Waals surface area contributed by atoms with Crippen molar-refractivity contribution in [3.8, 4) is 17.6 Å². The molecule has 4 heteroatoms. The molecule has 102 valence electrons. The highest BCUT2D eigenvalue weighted by molar-refractivity contribution is 5.42. The van der Waals surface area contributed by atoms with Gasteiger partial charge in [0, 0.05) is 6.04 Å². The maximum absolute atomic E-state index is 9.51. The lowest BCUT2D eigenvalue weighted by molar-refractivity contribution is 0.400. The van der Waals surface area contributed by atoms with Crippen LogP contribution in [0.25, 0.3) is 0 Å². The van der Waals surface area contributed by atoms with Gasteiger partial charge >= 0.3 is 0 Å². The molecular weight excluding hydrogens is 240 g/mol. The lowest BCUT2D eigenvalue weighted by atomic mass is 10.0. The van der Waals surface area contributed by atoms with E-state index in [0.29, 0.717) is 11.6 Å². The number of phenols is 2. The van der Waals surface area contributed by atoms with Crippen molar-refractivity contribution in [1.82, 2.24) is 5.32 Å². The molecular formula is C15H20N2O2. The van der Waals surface area contributed by atoms with Gasteiger partial charge in [0.25, 0.3) is 0 Å². The minimum atomic E-state index is -0.436. The Morgan fingerprint density at radius 1 is 1.11 bits per heavy atom. The summed E-state index contributed by atoms with van der Waals surface area (Å²) in [7, 11) is 0. The van der Waals surface area contributed by atoms with Crippen LogP contribution < -0.4 is 5.32 Å². The molecule has 1 aromatic carbocycles. The van der Waals surface area contributed by atoms with Crippen molar-refractivity contribution in [2.24, 2.45) is 0 Å². The Morgan fingerprint density at radius 2 is 1.79 bits per heavy atom. The average Bonchev–Trinajstić information content (AvgIpc) is 2.68. The number of benzene rings is 1. The number of phenolic OH excluding ortho intramolecular Hbond substituents is 2. The number of nitriles is 1. The van der Waals surface area contributed by atoms with Crippen LogP contribution in [-0.2, 0) is 0 Å². The van der Waals surface area contributed by atoms with E-state index in [-0.39, 0.29) is 11.5 Å². The molecule has 1 aliphatic rings. The summed E-state index contributed by atoms with van der Waals surface area (Å²) in [6, 6.07) is 6.70. The molecule has 0 heterocycles. The van der Waals surface area contributed by atoms with E-state index >= 15 is 0 Å². The van der Waals surface area contributed by atoms with Crippen molar-refractivity contribution in [3.05, 3.63) is 23.8 Å². The van der Waals surface area contributed by atoms with Gasteiger partial charge in [-0.1, -0.05) is 31.7 Å². The van der Waals surface area contributed by atoms with Gasteiger partial charge in [0.1, 0.15) is 6.04 Å². The van der Waals surface area contributed by atoms with Crippen molar-refractivity contribution in [2.45, 2.75) is 50.6 Å². The standard InChI is InChI=1S/C15H20N2O2/c16-10-13(11-7-8-14(18)15(19)9-11)17-12-5-3-1-2-4-6-12/h7-9,12-13,17-19H,1-6H2. The second-order valence-corrected chi connectivity index (χ2v) is 5.17. The molecule has 0 spiro atoms. The number of nitrogens with one attached hydrogen (secondary N) is 1. The van der Waals surface area contributed by atoms with Crippen LogP contribution >= 0.6 is 0 Å². The number of rotatable bonds is 3. The van der Waals surface area contributed by atoms with Crippen molar-refractivity contribution >= 4 is 0 Å². The van der Waals surface area contributed by atoms with Gasteiger partial charge in [-0.15, -0.1) is 0 Å². The van der Waals surface area contributed by atoms with E-state index in [1.165, 1.54) is 37.8 Å². The molecule has 1 aromatic rings. The summed E-state index contributed by atoms with van der Waals surface area (Å²) in [5, 5.41) is 31.5. The fraction of sp³-hybridized carbons (Fsp3) is 0.533. The molecule has 0 saturated heterocycles. The number of nitrogens with zero attached hydrogens (tertiary/aromatic N) is 1. The summed E-state index contributed by atoms with van der Waals surface area (Å²) < 4.78 is 0. The van der Waals surface area contributed by atoms with Crippen molar-refractivity contribution in [3.63, 3.8) is 0 Å². The maximum Gasteiger partial charge on any atom is 0.157 e. The minimum absolute atomic E-state index is 0.157. The van der Waals surface area contributed by atoms with E-state index in [2.05, 4.69) is 11.4 Å². The van der Waals surface area contributed by atoms with Gasteiger partial charge in [-0.05, 0) is 30.5 Å². The van der Waals surface area contributed by atoms with Gasteiger partial charge in [0.05, 0.1) is 6.07 Å². The van der Waals surface area contributed by atoms with Gasteiger partial charge in [0.2, 0.25) is 0 Å². The van der Waals surface area contributed by atoms with Crippen LogP contribution in [0.5, 0.6) is 11.5 Å². The van der Waals surface area contributed by atoms with Crippen molar-refractivity contribution in [2.75, 3.05) is 0 Å². The number of aromatic hydroxyl groups is 2. The van der Waals surface area contributed by atoms with Crippen LogP contribution in [0.2, 0.25) is 0 Å². The Hall–Kier alpha value is -1.73. The van der Waals surface area contributed by atoms with E-state index in [1.54, 1.807) is 6.07 Å². The second kappa shape index (κ2) is 6.44. The molecule has 0 aliphatic heterocycles. The molecule has 1 fully saturated rings. The van der Waals surface area contributed by atoms with E-state index < -0.39 is 6.04 Å². The highest BCUT2D eigenvalue weighted by Gasteiger charge is 2.18. The van der Waals surface area contributed by atoms with Crippen molar-refractivity contribution < 1.29 is 10.2 Å². The quantitative estimate of drug-likeness (QED) is 0.577. The van der Waals surface area contributed by atoms with Crippen LogP contribution in [0.3, 0.4) is 0 Å². The first-order chi connectivity index (χ1) is 9.20. The summed E-state index contributed by atoms with van der Waals surface area (Å²) in [5.41, 5.74) is 0.696. The van der Waals surface area contributed by atoms with Gasteiger partial charge in [-0.3, -0.25) is 5.32 Å². The Morgan fingerprint density at radius 3 is 2.37 bits per heavy atom. The van der Waals surface area contributed by atoms with Crippen LogP contribution in [0.4, 0.5) is 0 Å². The Labute approximate surface area is 113 Å². The van der Waals surface area contributed by atoms with Crippen LogP contribution in [0, 0.1) is 11.3 Å². The van der Waals surface area contributed by atoms with E-state index in [9.17, 15) is 15.5 Å². The molecule has 0 radical (unpaired) electrons. The zero-order valence-corrected chi connectivity index (χ0v) is 11.0. The normalized spacial score (nSPS) is 18.5. The SMILES string of the molecule is N#CC(NC1CCCCCC1)c1ccc(O)c(O)c1. The summed E-state index contributed by atoms with van der Waals surface area (Å²) in [6.07, 6.45) is 7.16. The molecule has 0 bridgehead atoms. The smallest absolute Gasteiger partial charge is 0.157 e. The highest BCUT2D eigenvalue weighted by Crippen LogP contribution is 2.28. The Kier molecular flexibility index (Phi) is 4.64. The van der Waals surface area contributed by atoms with Gasteiger partial charge in [-0.2, -0.15) is 5.26 Å². The van der Waals surface area contributed by atoms with Crippen molar-refractivity contribution in [1.29, 1.82) is 5.26 Å². The summed E-state index contributed by atoms with van der Waals surface area (Å²) >= 11 is 0. The first kappa shape index (κ1) is 13.7. The lowest BCUT2D eigenvalue weighted by Gasteiger charge is -2.20. The highest BCUT2D eigenvalue weighted by atomic mass is 16.3. The maximum atomic E-state index is 9.51. The molecule has 1 aliphatic carbocycles. The molecule has 1 atom stereocenters.